The van der Waals surface area contributed by atoms with Crippen molar-refractivity contribution in [2.45, 2.75) is 11.7 Å². The zero-order valence-corrected chi connectivity index (χ0v) is 12.0. The van der Waals surface area contributed by atoms with Crippen LogP contribution in [-0.2, 0) is 4.74 Å². The number of thiophene rings is 1. The second-order valence-electron chi connectivity index (χ2n) is 3.08. The van der Waals surface area contributed by atoms with Gasteiger partial charge in [-0.2, -0.15) is 11.8 Å². The molecule has 1 aromatic heterocycles. The van der Waals surface area contributed by atoms with E-state index in [1.807, 2.05) is 11.8 Å². The van der Waals surface area contributed by atoms with Crippen molar-refractivity contribution in [2.75, 3.05) is 26.0 Å². The molecule has 0 amide bonds. The summed E-state index contributed by atoms with van der Waals surface area (Å²) >= 11 is 7.15. The Hall–Kier alpha value is 0.450. The van der Waals surface area contributed by atoms with Gasteiger partial charge in [-0.3, -0.25) is 0 Å². The predicted molar refractivity (Wildman–Crippen MR) is 72.8 cm³/mol. The third-order valence-electron chi connectivity index (χ3n) is 1.94. The molecule has 2 nitrogen and oxygen atoms in total. The van der Waals surface area contributed by atoms with E-state index in [4.69, 9.17) is 10.5 Å². The summed E-state index contributed by atoms with van der Waals surface area (Å²) in [7, 11) is 1.74. The molecule has 86 valence electrons. The van der Waals surface area contributed by atoms with Crippen LogP contribution in [0.1, 0.15) is 16.5 Å². The Kier molecular flexibility index (Phi) is 6.92. The van der Waals surface area contributed by atoms with Crippen molar-refractivity contribution >= 4 is 39.0 Å². The smallest absolute Gasteiger partial charge is 0.0701 e. The summed E-state index contributed by atoms with van der Waals surface area (Å²) in [6, 6.07) is 4.23. The molecule has 0 aliphatic carbocycles. The van der Waals surface area contributed by atoms with Crippen LogP contribution in [0.2, 0.25) is 0 Å². The van der Waals surface area contributed by atoms with Crippen LogP contribution >= 0.6 is 39.0 Å². The van der Waals surface area contributed by atoms with Crippen LogP contribution in [0.4, 0.5) is 0 Å². The summed E-state index contributed by atoms with van der Waals surface area (Å²) in [5, 5.41) is 0.429. The van der Waals surface area contributed by atoms with Crippen molar-refractivity contribution in [3.05, 3.63) is 20.8 Å². The van der Waals surface area contributed by atoms with Gasteiger partial charge < -0.3 is 10.5 Å². The molecule has 0 aliphatic heterocycles. The normalized spacial score (nSPS) is 13.0. The van der Waals surface area contributed by atoms with Gasteiger partial charge in [0.25, 0.3) is 0 Å². The van der Waals surface area contributed by atoms with E-state index < -0.39 is 0 Å². The van der Waals surface area contributed by atoms with Crippen molar-refractivity contribution < 1.29 is 4.74 Å². The van der Waals surface area contributed by atoms with E-state index in [0.717, 1.165) is 18.8 Å². The largest absolute Gasteiger partial charge is 0.385 e. The Bertz CT molecular complexity index is 280. The summed E-state index contributed by atoms with van der Waals surface area (Å²) in [4.78, 5) is 1.35. The molecule has 0 radical (unpaired) electrons. The average molecular weight is 310 g/mol. The zero-order valence-electron chi connectivity index (χ0n) is 8.74. The van der Waals surface area contributed by atoms with Crippen LogP contribution in [0, 0.1) is 0 Å². The number of methoxy groups -OCH3 is 1. The molecule has 15 heavy (non-hydrogen) atoms. The minimum atomic E-state index is 0.429. The highest BCUT2D eigenvalue weighted by molar-refractivity contribution is 9.11. The molecular weight excluding hydrogens is 294 g/mol. The van der Waals surface area contributed by atoms with Crippen LogP contribution in [-0.4, -0.2) is 26.0 Å². The molecule has 1 heterocycles. The van der Waals surface area contributed by atoms with Gasteiger partial charge in [-0.15, -0.1) is 11.3 Å². The molecule has 1 unspecified atom stereocenters. The topological polar surface area (TPSA) is 35.2 Å². The van der Waals surface area contributed by atoms with E-state index in [1.54, 1.807) is 18.4 Å². The van der Waals surface area contributed by atoms with Gasteiger partial charge in [0, 0.05) is 25.1 Å². The molecule has 5 heteroatoms. The Labute approximate surface area is 108 Å². The number of rotatable bonds is 7. The quantitative estimate of drug-likeness (QED) is 0.785. The van der Waals surface area contributed by atoms with Gasteiger partial charge in [-0.25, -0.2) is 0 Å². The van der Waals surface area contributed by atoms with Gasteiger partial charge in [-0.05, 0) is 40.2 Å². The van der Waals surface area contributed by atoms with Crippen LogP contribution in [0.3, 0.4) is 0 Å². The molecule has 0 aliphatic rings. The standard InChI is InChI=1S/C10H16BrNOS2/c1-13-5-2-6-14-9(7-12)8-3-4-10(11)15-8/h3-4,9H,2,5-7,12H2,1H3. The first kappa shape index (κ1) is 13.5. The third kappa shape index (κ3) is 4.87. The molecule has 0 fully saturated rings. The van der Waals surface area contributed by atoms with Crippen molar-refractivity contribution in [3.8, 4) is 0 Å². The summed E-state index contributed by atoms with van der Waals surface area (Å²) in [5.74, 6) is 1.10. The first-order valence-electron chi connectivity index (χ1n) is 4.83. The monoisotopic (exact) mass is 309 g/mol. The first-order chi connectivity index (χ1) is 7.27. The maximum absolute atomic E-state index is 5.77. The lowest BCUT2D eigenvalue weighted by molar-refractivity contribution is 0.200. The fourth-order valence-electron chi connectivity index (χ4n) is 1.20. The molecular formula is C10H16BrNOS2. The van der Waals surface area contributed by atoms with Crippen molar-refractivity contribution in [1.29, 1.82) is 0 Å². The van der Waals surface area contributed by atoms with Gasteiger partial charge in [0.1, 0.15) is 0 Å². The van der Waals surface area contributed by atoms with Gasteiger partial charge >= 0.3 is 0 Å². The van der Waals surface area contributed by atoms with Crippen LogP contribution in [0.25, 0.3) is 0 Å². The van der Waals surface area contributed by atoms with E-state index in [1.165, 1.54) is 8.66 Å². The van der Waals surface area contributed by atoms with Gasteiger partial charge in [0.15, 0.2) is 0 Å². The van der Waals surface area contributed by atoms with Crippen LogP contribution in [0.5, 0.6) is 0 Å². The van der Waals surface area contributed by atoms with Gasteiger partial charge in [0.05, 0.1) is 9.04 Å². The first-order valence-corrected chi connectivity index (χ1v) is 7.49. The maximum atomic E-state index is 5.77. The Morgan fingerprint density at radius 2 is 2.40 bits per heavy atom. The molecule has 0 aromatic carbocycles. The summed E-state index contributed by atoms with van der Waals surface area (Å²) in [6.45, 7) is 1.53. The number of hydrogen-bond donors (Lipinski definition) is 1. The fourth-order valence-corrected chi connectivity index (χ4v) is 3.91. The summed E-state index contributed by atoms with van der Waals surface area (Å²) in [5.41, 5.74) is 5.77. The highest BCUT2D eigenvalue weighted by atomic mass is 79.9. The van der Waals surface area contributed by atoms with E-state index in [9.17, 15) is 0 Å². The van der Waals surface area contributed by atoms with Gasteiger partial charge in [0.2, 0.25) is 0 Å². The molecule has 2 N–H and O–H groups in total. The fraction of sp³-hybridized carbons (Fsp3) is 0.600. The highest BCUT2D eigenvalue weighted by Crippen LogP contribution is 2.35. The molecule has 0 spiro atoms. The lowest BCUT2D eigenvalue weighted by atomic mass is 10.3. The number of hydrogen-bond acceptors (Lipinski definition) is 4. The Morgan fingerprint density at radius 1 is 1.60 bits per heavy atom. The van der Waals surface area contributed by atoms with E-state index in [2.05, 4.69) is 28.1 Å². The lowest BCUT2D eigenvalue weighted by Crippen LogP contribution is -2.09. The minimum Gasteiger partial charge on any atom is -0.385 e. The second kappa shape index (κ2) is 7.68. The molecule has 0 bridgehead atoms. The predicted octanol–water partition coefficient (Wildman–Crippen LogP) is 3.28. The van der Waals surface area contributed by atoms with E-state index in [0.29, 0.717) is 11.8 Å². The van der Waals surface area contributed by atoms with Crippen molar-refractivity contribution in [1.82, 2.24) is 0 Å². The van der Waals surface area contributed by atoms with Crippen LogP contribution in [0.15, 0.2) is 15.9 Å². The minimum absolute atomic E-state index is 0.429. The lowest BCUT2D eigenvalue weighted by Gasteiger charge is -2.11. The maximum Gasteiger partial charge on any atom is 0.0701 e. The SMILES string of the molecule is COCCCSC(CN)c1ccc(Br)s1. The van der Waals surface area contributed by atoms with E-state index >= 15 is 0 Å². The molecule has 1 rings (SSSR count). The molecule has 0 saturated carbocycles. The molecule has 0 saturated heterocycles. The number of halogens is 1. The number of ether oxygens (including phenoxy) is 1. The van der Waals surface area contributed by atoms with Crippen LogP contribution < -0.4 is 5.73 Å². The average Bonchev–Trinajstić information content (AvgIpc) is 2.65. The molecule has 1 atom stereocenters. The van der Waals surface area contributed by atoms with E-state index in [-0.39, 0.29) is 0 Å². The Balaban J connectivity index is 2.35. The molecule has 1 aromatic rings. The Morgan fingerprint density at radius 3 is 2.93 bits per heavy atom. The summed E-state index contributed by atoms with van der Waals surface area (Å²) < 4.78 is 6.19. The highest BCUT2D eigenvalue weighted by Gasteiger charge is 2.11. The van der Waals surface area contributed by atoms with Gasteiger partial charge in [-0.1, -0.05) is 0 Å². The number of thioether (sulfide) groups is 1. The third-order valence-corrected chi connectivity index (χ3v) is 5.20. The number of nitrogens with two attached hydrogens (primary N) is 1. The second-order valence-corrected chi connectivity index (χ2v) is 6.89. The summed E-state index contributed by atoms with van der Waals surface area (Å²) in [6.07, 6.45) is 1.09. The van der Waals surface area contributed by atoms with Crippen molar-refractivity contribution in [3.63, 3.8) is 0 Å². The van der Waals surface area contributed by atoms with Crippen molar-refractivity contribution in [2.24, 2.45) is 5.73 Å². The zero-order chi connectivity index (χ0) is 11.1.